The molecule has 0 bridgehead atoms. The molecule has 2 aromatic rings. The van der Waals surface area contributed by atoms with Crippen molar-refractivity contribution in [2.75, 3.05) is 6.54 Å². The lowest BCUT2D eigenvalue weighted by atomic mass is 10.1. The molecule has 1 atom stereocenters. The molecule has 0 heterocycles. The van der Waals surface area contributed by atoms with Gasteiger partial charge in [-0.25, -0.2) is 8.42 Å². The zero-order chi connectivity index (χ0) is 20.9. The number of nitrogens with zero attached hydrogens (tertiary/aromatic N) is 1. The molecule has 2 rings (SSSR count). The first-order valence-corrected chi connectivity index (χ1v) is 9.70. The molecule has 0 spiro atoms. The first-order chi connectivity index (χ1) is 13.1. The second-order valence-electron chi connectivity index (χ2n) is 6.10. The number of carboxylic acids is 2. The van der Waals surface area contributed by atoms with Crippen LogP contribution in [-0.4, -0.2) is 47.5 Å². The van der Waals surface area contributed by atoms with E-state index >= 15 is 0 Å². The van der Waals surface area contributed by atoms with Gasteiger partial charge in [-0.2, -0.15) is 4.31 Å². The highest BCUT2D eigenvalue weighted by molar-refractivity contribution is 7.89. The SMILES string of the molecule is Cc1ccc(C#Cc2ccc(S(=O)(=O)N(CC(=O)O)[C@H](C)C(=O)O)cc2)cc1. The third-order valence-corrected chi connectivity index (χ3v) is 5.87. The molecule has 0 saturated heterocycles. The lowest BCUT2D eigenvalue weighted by Gasteiger charge is -2.24. The number of aryl methyl sites for hydroxylation is 1. The van der Waals surface area contributed by atoms with Crippen LogP contribution in [0.3, 0.4) is 0 Å². The Morgan fingerprint density at radius 2 is 1.43 bits per heavy atom. The summed E-state index contributed by atoms with van der Waals surface area (Å²) in [6.07, 6.45) is 0. The van der Waals surface area contributed by atoms with Crippen molar-refractivity contribution < 1.29 is 28.2 Å². The van der Waals surface area contributed by atoms with Gasteiger partial charge >= 0.3 is 11.9 Å². The van der Waals surface area contributed by atoms with Crippen LogP contribution in [0, 0.1) is 18.8 Å². The summed E-state index contributed by atoms with van der Waals surface area (Å²) in [7, 11) is -4.31. The van der Waals surface area contributed by atoms with Crippen LogP contribution in [0.15, 0.2) is 53.4 Å². The van der Waals surface area contributed by atoms with Gasteiger partial charge in [0, 0.05) is 11.1 Å². The van der Waals surface area contributed by atoms with Crippen LogP contribution in [0.2, 0.25) is 0 Å². The zero-order valence-electron chi connectivity index (χ0n) is 15.3. The van der Waals surface area contributed by atoms with E-state index in [9.17, 15) is 18.0 Å². The van der Waals surface area contributed by atoms with Crippen molar-refractivity contribution in [1.29, 1.82) is 0 Å². The molecule has 0 fully saturated rings. The van der Waals surface area contributed by atoms with Crippen molar-refractivity contribution >= 4 is 22.0 Å². The molecule has 146 valence electrons. The average Bonchev–Trinajstić information content (AvgIpc) is 2.65. The molecule has 0 aliphatic rings. The first kappa shape index (κ1) is 21.2. The van der Waals surface area contributed by atoms with E-state index in [2.05, 4.69) is 11.8 Å². The molecule has 28 heavy (non-hydrogen) atoms. The topological polar surface area (TPSA) is 112 Å². The summed E-state index contributed by atoms with van der Waals surface area (Å²) < 4.78 is 25.8. The van der Waals surface area contributed by atoms with Gasteiger partial charge in [0.05, 0.1) is 4.90 Å². The van der Waals surface area contributed by atoms with Crippen molar-refractivity contribution in [2.24, 2.45) is 0 Å². The molecule has 0 aromatic heterocycles. The lowest BCUT2D eigenvalue weighted by Crippen LogP contribution is -2.45. The van der Waals surface area contributed by atoms with E-state index in [1.807, 2.05) is 31.2 Å². The summed E-state index contributed by atoms with van der Waals surface area (Å²) in [5, 5.41) is 18.0. The van der Waals surface area contributed by atoms with Gasteiger partial charge in [0.25, 0.3) is 0 Å². The molecule has 8 heteroatoms. The summed E-state index contributed by atoms with van der Waals surface area (Å²) in [5.41, 5.74) is 2.49. The fourth-order valence-corrected chi connectivity index (χ4v) is 3.85. The summed E-state index contributed by atoms with van der Waals surface area (Å²) in [6.45, 7) is 2.13. The fraction of sp³-hybridized carbons (Fsp3) is 0.200. The highest BCUT2D eigenvalue weighted by Crippen LogP contribution is 2.19. The van der Waals surface area contributed by atoms with Gasteiger partial charge in [0.2, 0.25) is 10.0 Å². The maximum absolute atomic E-state index is 12.7. The van der Waals surface area contributed by atoms with Gasteiger partial charge < -0.3 is 10.2 Å². The van der Waals surface area contributed by atoms with Gasteiger partial charge in [0.1, 0.15) is 12.6 Å². The highest BCUT2D eigenvalue weighted by Gasteiger charge is 2.34. The number of hydrogen-bond acceptors (Lipinski definition) is 4. The standard InChI is InChI=1S/C20H19NO6S/c1-14-3-5-16(6-4-14)7-8-17-9-11-18(12-10-17)28(26,27)21(13-19(22)23)15(2)20(24)25/h3-6,9-12,15H,13H2,1-2H3,(H,22,23)(H,24,25)/t15-/m1/s1. The van der Waals surface area contributed by atoms with Gasteiger partial charge in [-0.3, -0.25) is 9.59 Å². The monoisotopic (exact) mass is 401 g/mol. The largest absolute Gasteiger partial charge is 0.480 e. The van der Waals surface area contributed by atoms with E-state index < -0.39 is 34.5 Å². The van der Waals surface area contributed by atoms with Crippen LogP contribution in [0.25, 0.3) is 0 Å². The molecular formula is C20H19NO6S. The number of carboxylic acid groups (broad SMARTS) is 2. The lowest BCUT2D eigenvalue weighted by molar-refractivity contribution is -0.142. The summed E-state index contributed by atoms with van der Waals surface area (Å²) in [6, 6.07) is 11.6. The molecule has 0 amide bonds. The Morgan fingerprint density at radius 3 is 1.86 bits per heavy atom. The van der Waals surface area contributed by atoms with Gasteiger partial charge in [-0.15, -0.1) is 0 Å². The van der Waals surface area contributed by atoms with Gasteiger partial charge in [-0.1, -0.05) is 29.5 Å². The molecule has 7 nitrogen and oxygen atoms in total. The second kappa shape index (κ2) is 8.69. The molecule has 2 N–H and O–H groups in total. The van der Waals surface area contributed by atoms with Crippen molar-refractivity contribution in [3.8, 4) is 11.8 Å². The predicted octanol–water partition coefficient (Wildman–Crippen LogP) is 1.94. The van der Waals surface area contributed by atoms with Crippen molar-refractivity contribution in [1.82, 2.24) is 4.31 Å². The minimum absolute atomic E-state index is 0.206. The van der Waals surface area contributed by atoms with Crippen LogP contribution in [0.4, 0.5) is 0 Å². The van der Waals surface area contributed by atoms with Crippen molar-refractivity contribution in [3.63, 3.8) is 0 Å². The number of sulfonamides is 1. The predicted molar refractivity (Wildman–Crippen MR) is 102 cm³/mol. The van der Waals surface area contributed by atoms with Crippen molar-refractivity contribution in [2.45, 2.75) is 24.8 Å². The Morgan fingerprint density at radius 1 is 0.964 bits per heavy atom. The van der Waals surface area contributed by atoms with E-state index in [0.29, 0.717) is 9.87 Å². The van der Waals surface area contributed by atoms with E-state index in [-0.39, 0.29) is 4.90 Å². The number of hydrogen-bond donors (Lipinski definition) is 2. The molecule has 0 aliphatic carbocycles. The molecule has 0 saturated carbocycles. The highest BCUT2D eigenvalue weighted by atomic mass is 32.2. The van der Waals surface area contributed by atoms with Crippen LogP contribution in [0.5, 0.6) is 0 Å². The zero-order valence-corrected chi connectivity index (χ0v) is 16.1. The Bertz CT molecular complexity index is 1030. The number of rotatable bonds is 6. The van der Waals surface area contributed by atoms with Crippen LogP contribution >= 0.6 is 0 Å². The van der Waals surface area contributed by atoms with Gasteiger partial charge in [-0.05, 0) is 50.2 Å². The Kier molecular flexibility index (Phi) is 6.57. The number of carbonyl (C=O) groups is 2. The van der Waals surface area contributed by atoms with Gasteiger partial charge in [0.15, 0.2) is 0 Å². The van der Waals surface area contributed by atoms with E-state index in [0.717, 1.165) is 18.1 Å². The Balaban J connectivity index is 2.30. The molecule has 0 radical (unpaired) electrons. The minimum Gasteiger partial charge on any atom is -0.480 e. The van der Waals surface area contributed by atoms with E-state index in [4.69, 9.17) is 10.2 Å². The molecular weight excluding hydrogens is 382 g/mol. The maximum Gasteiger partial charge on any atom is 0.321 e. The minimum atomic E-state index is -4.31. The summed E-state index contributed by atoms with van der Waals surface area (Å²) in [4.78, 5) is 22.0. The van der Waals surface area contributed by atoms with Crippen LogP contribution < -0.4 is 0 Å². The summed E-state index contributed by atoms with van der Waals surface area (Å²) in [5.74, 6) is 2.99. The Hall–Kier alpha value is -3.15. The van der Waals surface area contributed by atoms with Crippen LogP contribution in [0.1, 0.15) is 23.6 Å². The maximum atomic E-state index is 12.7. The van der Waals surface area contributed by atoms with E-state index in [1.54, 1.807) is 0 Å². The number of aliphatic carboxylic acids is 2. The second-order valence-corrected chi connectivity index (χ2v) is 7.99. The molecule has 0 unspecified atom stereocenters. The third kappa shape index (κ3) is 5.19. The summed E-state index contributed by atoms with van der Waals surface area (Å²) >= 11 is 0. The fourth-order valence-electron chi connectivity index (χ4n) is 2.31. The molecule has 2 aromatic carbocycles. The van der Waals surface area contributed by atoms with Crippen molar-refractivity contribution in [3.05, 3.63) is 65.2 Å². The smallest absolute Gasteiger partial charge is 0.321 e. The van der Waals surface area contributed by atoms with Crippen LogP contribution in [-0.2, 0) is 19.6 Å². The Labute approximate surface area is 163 Å². The third-order valence-electron chi connectivity index (χ3n) is 3.94. The quantitative estimate of drug-likeness (QED) is 0.716. The molecule has 0 aliphatic heterocycles. The average molecular weight is 401 g/mol. The normalized spacial score (nSPS) is 12.1. The number of benzene rings is 2. The first-order valence-electron chi connectivity index (χ1n) is 8.26. The van der Waals surface area contributed by atoms with E-state index in [1.165, 1.54) is 24.3 Å².